The smallest absolute Gasteiger partial charge is 0.251 e. The third kappa shape index (κ3) is 10.4. The van der Waals surface area contributed by atoms with Crippen molar-refractivity contribution >= 4 is 23.7 Å². The first-order valence-corrected chi connectivity index (χ1v) is 16.8. The van der Waals surface area contributed by atoms with E-state index in [9.17, 15) is 14.0 Å². The number of hydrogen-bond acceptors (Lipinski definition) is 7. The van der Waals surface area contributed by atoms with E-state index >= 15 is 0 Å². The topological polar surface area (TPSA) is 138 Å². The van der Waals surface area contributed by atoms with E-state index in [2.05, 4.69) is 75.5 Å². The largest absolute Gasteiger partial charge is 0.384 e. The van der Waals surface area contributed by atoms with Crippen LogP contribution in [0.3, 0.4) is 0 Å². The van der Waals surface area contributed by atoms with Crippen LogP contribution in [0.1, 0.15) is 98.5 Å². The van der Waals surface area contributed by atoms with Crippen LogP contribution in [0, 0.1) is 22.6 Å². The van der Waals surface area contributed by atoms with Gasteiger partial charge in [0.15, 0.2) is 6.29 Å². The summed E-state index contributed by atoms with van der Waals surface area (Å²) < 4.78 is 14.3. The Morgan fingerprint density at radius 3 is 2.47 bits per heavy atom. The highest BCUT2D eigenvalue weighted by Crippen LogP contribution is 2.47. The van der Waals surface area contributed by atoms with Crippen LogP contribution in [0.5, 0.6) is 0 Å². The molecule has 1 saturated carbocycles. The predicted molar refractivity (Wildman–Crippen MR) is 190 cm³/mol. The minimum Gasteiger partial charge on any atom is -0.384 e. The van der Waals surface area contributed by atoms with E-state index in [1.165, 1.54) is 12.1 Å². The Balaban J connectivity index is 2.03. The Hall–Kier alpha value is -3.63. The van der Waals surface area contributed by atoms with Crippen molar-refractivity contribution in [3.05, 3.63) is 71.1 Å². The molecule has 0 bridgehead atoms. The highest BCUT2D eigenvalue weighted by atomic mass is 19.1. The van der Waals surface area contributed by atoms with Gasteiger partial charge in [-0.05, 0) is 92.5 Å². The van der Waals surface area contributed by atoms with Gasteiger partial charge in [-0.3, -0.25) is 19.5 Å². The first-order chi connectivity index (χ1) is 22.1. The predicted octanol–water partition coefficient (Wildman–Crippen LogP) is 5.93. The molecule has 1 unspecified atom stereocenters. The molecular formula is C37H56FN7O2. The number of carbonyl (C=O) groups is 2. The van der Waals surface area contributed by atoms with Gasteiger partial charge in [0.25, 0.3) is 5.91 Å². The Labute approximate surface area is 280 Å². The zero-order valence-corrected chi connectivity index (χ0v) is 29.4. The third-order valence-electron chi connectivity index (χ3n) is 10.1. The van der Waals surface area contributed by atoms with Crippen LogP contribution in [0.2, 0.25) is 0 Å². The van der Waals surface area contributed by atoms with Crippen LogP contribution < -0.4 is 22.4 Å². The lowest BCUT2D eigenvalue weighted by atomic mass is 9.67. The van der Waals surface area contributed by atoms with Crippen molar-refractivity contribution in [3.8, 4) is 0 Å². The van der Waals surface area contributed by atoms with Gasteiger partial charge in [0.05, 0.1) is 6.54 Å². The molecule has 0 radical (unpaired) electrons. The summed E-state index contributed by atoms with van der Waals surface area (Å²) in [6, 6.07) is 6.07. The van der Waals surface area contributed by atoms with Gasteiger partial charge in [-0.1, -0.05) is 78.3 Å². The van der Waals surface area contributed by atoms with E-state index in [4.69, 9.17) is 16.6 Å². The minimum absolute atomic E-state index is 0.0420. The number of hydrazone groups is 1. The summed E-state index contributed by atoms with van der Waals surface area (Å²) >= 11 is 0. The number of rotatable bonds is 14. The molecule has 0 aliphatic heterocycles. The summed E-state index contributed by atoms with van der Waals surface area (Å²) in [4.78, 5) is 33.2. The number of nitrogens with one attached hydrogen (secondary N) is 2. The molecule has 2 aliphatic rings. The van der Waals surface area contributed by atoms with Crippen LogP contribution in [-0.4, -0.2) is 53.9 Å². The van der Waals surface area contributed by atoms with Gasteiger partial charge in [-0.25, -0.2) is 15.8 Å². The quantitative estimate of drug-likeness (QED) is 0.0648. The molecule has 2 aliphatic carbocycles. The third-order valence-corrected chi connectivity index (χ3v) is 10.1. The fraction of sp³-hybridized carbons (Fsp3) is 0.568. The Bertz CT molecular complexity index is 1400. The van der Waals surface area contributed by atoms with E-state index in [1.54, 1.807) is 12.1 Å². The summed E-state index contributed by atoms with van der Waals surface area (Å²) in [6.07, 6.45) is 15.7. The number of likely N-dealkylation sites (N-methyl/N-ethyl adjacent to an activating group) is 1. The number of hydrogen-bond donors (Lipinski definition) is 4. The maximum atomic E-state index is 14.3. The molecule has 0 heterocycles. The number of aliphatic imine (C=N–C) groups is 1. The number of halogens is 1. The molecule has 0 saturated heterocycles. The molecule has 47 heavy (non-hydrogen) atoms. The first kappa shape index (κ1) is 37.8. The number of benzene rings is 1. The van der Waals surface area contributed by atoms with E-state index in [0.29, 0.717) is 23.5 Å². The molecular weight excluding hydrogens is 593 g/mol. The average Bonchev–Trinajstić information content (AvgIpc) is 3.29. The Morgan fingerprint density at radius 1 is 1.17 bits per heavy atom. The van der Waals surface area contributed by atoms with E-state index in [-0.39, 0.29) is 40.9 Å². The van der Waals surface area contributed by atoms with Crippen molar-refractivity contribution < 1.29 is 14.0 Å². The van der Waals surface area contributed by atoms with Gasteiger partial charge in [-0.2, -0.15) is 5.10 Å². The van der Waals surface area contributed by atoms with Gasteiger partial charge in [0.1, 0.15) is 23.0 Å². The van der Waals surface area contributed by atoms with Gasteiger partial charge in [-0.15, -0.1) is 0 Å². The van der Waals surface area contributed by atoms with Crippen molar-refractivity contribution in [1.82, 2.24) is 15.8 Å². The molecule has 0 spiro atoms. The maximum Gasteiger partial charge on any atom is 0.251 e. The molecule has 1 aromatic carbocycles. The summed E-state index contributed by atoms with van der Waals surface area (Å²) in [5.41, 5.74) is 9.87. The molecule has 1 fully saturated rings. The molecule has 258 valence electrons. The van der Waals surface area contributed by atoms with Crippen molar-refractivity contribution in [3.63, 3.8) is 0 Å². The standard InChI is InChI=1S/C37H56FN7O2/c1-8-36(5,6)29-17-21-37(22-18-29,42-31(25-46)28-13-10-14-30(38)23-28)45(7)32(19-20-35(2,3)4)26-11-9-12-27(16-15-26)34(47)41-24-33(39)43-44-40/h10-16,23,25,29,32,44H,8-9,17-22,24,40H2,1-7H3,(H2,39,43)(H,41,47)/b42-31+. The molecule has 9 nitrogen and oxygen atoms in total. The second-order valence-electron chi connectivity index (χ2n) is 14.8. The zero-order valence-electron chi connectivity index (χ0n) is 29.4. The van der Waals surface area contributed by atoms with Gasteiger partial charge >= 0.3 is 0 Å². The van der Waals surface area contributed by atoms with Crippen LogP contribution in [-0.2, 0) is 9.59 Å². The number of amides is 1. The average molecular weight is 650 g/mol. The molecule has 10 heteroatoms. The van der Waals surface area contributed by atoms with Crippen LogP contribution in [0.4, 0.5) is 4.39 Å². The van der Waals surface area contributed by atoms with Gasteiger partial charge in [0.2, 0.25) is 0 Å². The SMILES string of the molecule is CCC(C)(C)C1CCC(/N=C(\C=O)c2cccc(F)c2)(N(C)C(CCC(C)(C)C)C2=CCC=C(C(=O)NC/C(N)=N/NN)C=C2)CC1. The number of nitrogens with two attached hydrogens (primary N) is 2. The monoisotopic (exact) mass is 649 g/mol. The second kappa shape index (κ2) is 16.5. The van der Waals surface area contributed by atoms with Crippen molar-refractivity contribution in [2.75, 3.05) is 13.6 Å². The minimum atomic E-state index is -0.673. The maximum absolute atomic E-state index is 14.3. The molecule has 6 N–H and O–H groups in total. The molecule has 1 aromatic rings. The zero-order chi connectivity index (χ0) is 34.8. The summed E-state index contributed by atoms with van der Waals surface area (Å²) in [5, 5.41) is 6.46. The van der Waals surface area contributed by atoms with Crippen molar-refractivity contribution in [1.29, 1.82) is 0 Å². The van der Waals surface area contributed by atoms with Crippen molar-refractivity contribution in [2.24, 2.45) is 38.4 Å². The highest BCUT2D eigenvalue weighted by molar-refractivity contribution is 6.36. The van der Waals surface area contributed by atoms with Crippen LogP contribution >= 0.6 is 0 Å². The number of carbonyl (C=O) groups excluding carboxylic acids is 2. The fourth-order valence-electron chi connectivity index (χ4n) is 6.62. The number of allylic oxidation sites excluding steroid dienone is 2. The Kier molecular flexibility index (Phi) is 13.2. The number of nitrogens with zero attached hydrogens (tertiary/aromatic N) is 3. The normalized spacial score (nSPS) is 21.9. The lowest BCUT2D eigenvalue weighted by Gasteiger charge is -2.50. The summed E-state index contributed by atoms with van der Waals surface area (Å²) in [7, 11) is 2.12. The lowest BCUT2D eigenvalue weighted by Crippen LogP contribution is -2.54. The van der Waals surface area contributed by atoms with Crippen LogP contribution in [0.15, 0.2) is 69.8 Å². The van der Waals surface area contributed by atoms with E-state index < -0.39 is 11.5 Å². The fourth-order valence-corrected chi connectivity index (χ4v) is 6.62. The summed E-state index contributed by atoms with van der Waals surface area (Å²) in [6.45, 7) is 13.7. The van der Waals surface area contributed by atoms with Crippen LogP contribution in [0.25, 0.3) is 0 Å². The van der Waals surface area contributed by atoms with Crippen molar-refractivity contribution in [2.45, 2.75) is 105 Å². The highest BCUT2D eigenvalue weighted by Gasteiger charge is 2.45. The Morgan fingerprint density at radius 2 is 1.87 bits per heavy atom. The summed E-state index contributed by atoms with van der Waals surface area (Å²) in [5.74, 6) is 5.22. The number of aldehydes is 1. The first-order valence-electron chi connectivity index (χ1n) is 16.8. The second-order valence-corrected chi connectivity index (χ2v) is 14.8. The van der Waals surface area contributed by atoms with Gasteiger partial charge in [0, 0.05) is 17.2 Å². The number of amidine groups is 1. The van der Waals surface area contributed by atoms with Gasteiger partial charge < -0.3 is 11.1 Å². The molecule has 0 aromatic heterocycles. The van der Waals surface area contributed by atoms with E-state index in [0.717, 1.165) is 56.8 Å². The molecule has 1 atom stereocenters. The number of hydrazine groups is 1. The lowest BCUT2D eigenvalue weighted by molar-refractivity contribution is -0.117. The molecule has 1 amide bonds. The molecule has 3 rings (SSSR count). The van der Waals surface area contributed by atoms with E-state index in [1.807, 2.05) is 18.2 Å².